The van der Waals surface area contributed by atoms with Crippen LogP contribution < -0.4 is 0 Å². The molecular formula is C24H17N5O. The largest absolute Gasteiger partial charge is 0.392 e. The van der Waals surface area contributed by atoms with Gasteiger partial charge in [0.15, 0.2) is 5.82 Å². The Morgan fingerprint density at radius 1 is 0.867 bits per heavy atom. The number of H-pyrrole nitrogens is 2. The number of nitrogens with one attached hydrogen (secondary N) is 2. The lowest BCUT2D eigenvalue weighted by atomic mass is 9.99. The van der Waals surface area contributed by atoms with Crippen LogP contribution in [-0.2, 0) is 6.61 Å². The number of benzene rings is 3. The van der Waals surface area contributed by atoms with Gasteiger partial charge < -0.3 is 10.1 Å². The van der Waals surface area contributed by atoms with Crippen LogP contribution >= 0.6 is 0 Å². The lowest BCUT2D eigenvalue weighted by molar-refractivity contribution is 0.283. The summed E-state index contributed by atoms with van der Waals surface area (Å²) in [6.45, 7) is -0.0544. The molecule has 6 nitrogen and oxygen atoms in total. The number of aromatic nitrogens is 5. The van der Waals surface area contributed by atoms with Crippen molar-refractivity contribution in [2.75, 3.05) is 0 Å². The molecule has 0 aliphatic carbocycles. The summed E-state index contributed by atoms with van der Waals surface area (Å²) < 4.78 is 0. The molecule has 144 valence electrons. The van der Waals surface area contributed by atoms with E-state index in [-0.39, 0.29) is 6.61 Å². The zero-order valence-electron chi connectivity index (χ0n) is 15.9. The minimum absolute atomic E-state index is 0.0544. The first-order chi connectivity index (χ1) is 14.8. The van der Waals surface area contributed by atoms with Crippen LogP contribution in [0.2, 0.25) is 0 Å². The molecule has 0 saturated heterocycles. The normalized spacial score (nSPS) is 11.6. The SMILES string of the molecule is OCc1cccc2[nH]c(-c3n[nH]c4ccc(-c5cncc6ccccc56)cc34)nc12. The third-order valence-electron chi connectivity index (χ3n) is 5.53. The van der Waals surface area contributed by atoms with Crippen molar-refractivity contribution in [1.82, 2.24) is 25.1 Å². The van der Waals surface area contributed by atoms with E-state index in [1.807, 2.05) is 48.8 Å². The number of para-hydroxylation sites is 1. The molecule has 0 fully saturated rings. The number of aliphatic hydroxyl groups is 1. The van der Waals surface area contributed by atoms with Crippen LogP contribution in [-0.4, -0.2) is 30.3 Å². The molecule has 0 unspecified atom stereocenters. The Bertz CT molecular complexity index is 1540. The molecule has 3 N–H and O–H groups in total. The Labute approximate surface area is 171 Å². The maximum absolute atomic E-state index is 9.61. The second kappa shape index (κ2) is 6.50. The molecule has 0 atom stereocenters. The molecule has 6 rings (SSSR count). The van der Waals surface area contributed by atoms with Crippen molar-refractivity contribution in [1.29, 1.82) is 0 Å². The van der Waals surface area contributed by atoms with E-state index in [1.54, 1.807) is 0 Å². The molecular weight excluding hydrogens is 374 g/mol. The Morgan fingerprint density at radius 2 is 1.80 bits per heavy atom. The maximum Gasteiger partial charge on any atom is 0.159 e. The van der Waals surface area contributed by atoms with Gasteiger partial charge in [-0.1, -0.05) is 42.5 Å². The second-order valence-corrected chi connectivity index (χ2v) is 7.30. The number of hydrogen-bond donors (Lipinski definition) is 3. The van der Waals surface area contributed by atoms with Crippen molar-refractivity contribution in [2.45, 2.75) is 6.61 Å². The fourth-order valence-corrected chi connectivity index (χ4v) is 4.04. The zero-order chi connectivity index (χ0) is 20.1. The van der Waals surface area contributed by atoms with Crippen LogP contribution in [0.4, 0.5) is 0 Å². The van der Waals surface area contributed by atoms with E-state index in [0.29, 0.717) is 5.82 Å². The standard InChI is InChI=1S/C24H17N5O/c30-13-16-5-3-7-21-22(16)27-24(26-21)23-18-10-14(8-9-20(18)28-29-23)19-12-25-11-15-4-1-2-6-17(15)19/h1-12,30H,13H2,(H,26,27)(H,28,29). The Morgan fingerprint density at radius 3 is 2.73 bits per heavy atom. The molecule has 0 saturated carbocycles. The van der Waals surface area contributed by atoms with Crippen molar-refractivity contribution < 1.29 is 5.11 Å². The van der Waals surface area contributed by atoms with E-state index < -0.39 is 0 Å². The molecule has 0 radical (unpaired) electrons. The van der Waals surface area contributed by atoms with Crippen molar-refractivity contribution in [2.24, 2.45) is 0 Å². The van der Waals surface area contributed by atoms with E-state index in [0.717, 1.165) is 55.1 Å². The van der Waals surface area contributed by atoms with Gasteiger partial charge in [0.25, 0.3) is 0 Å². The molecule has 3 heterocycles. The monoisotopic (exact) mass is 391 g/mol. The van der Waals surface area contributed by atoms with Crippen LogP contribution in [0.5, 0.6) is 0 Å². The predicted molar refractivity (Wildman–Crippen MR) is 118 cm³/mol. The Balaban J connectivity index is 1.56. The Hall–Kier alpha value is -4.03. The zero-order valence-corrected chi connectivity index (χ0v) is 15.9. The average molecular weight is 391 g/mol. The molecule has 0 aliphatic rings. The molecule has 0 aliphatic heterocycles. The van der Waals surface area contributed by atoms with Gasteiger partial charge >= 0.3 is 0 Å². The van der Waals surface area contributed by atoms with E-state index in [4.69, 9.17) is 4.98 Å². The van der Waals surface area contributed by atoms with Gasteiger partial charge in [-0.3, -0.25) is 10.1 Å². The van der Waals surface area contributed by atoms with E-state index in [2.05, 4.69) is 44.4 Å². The maximum atomic E-state index is 9.61. The third-order valence-corrected chi connectivity index (χ3v) is 5.53. The van der Waals surface area contributed by atoms with Crippen LogP contribution in [0.25, 0.3) is 55.4 Å². The summed E-state index contributed by atoms with van der Waals surface area (Å²) in [5.74, 6) is 0.672. The van der Waals surface area contributed by atoms with Crippen molar-refractivity contribution in [3.05, 3.63) is 78.6 Å². The third kappa shape index (κ3) is 2.51. The highest BCUT2D eigenvalue weighted by atomic mass is 16.3. The lowest BCUT2D eigenvalue weighted by Gasteiger charge is -2.06. The summed E-state index contributed by atoms with van der Waals surface area (Å²) >= 11 is 0. The fraction of sp³-hybridized carbons (Fsp3) is 0.0417. The van der Waals surface area contributed by atoms with Crippen LogP contribution in [0.15, 0.2) is 73.1 Å². The summed E-state index contributed by atoms with van der Waals surface area (Å²) in [5, 5.41) is 20.5. The molecule has 30 heavy (non-hydrogen) atoms. The highest BCUT2D eigenvalue weighted by Gasteiger charge is 2.15. The molecule has 0 amide bonds. The number of nitrogens with zero attached hydrogens (tertiary/aromatic N) is 3. The first-order valence-corrected chi connectivity index (χ1v) is 9.72. The number of aromatic amines is 2. The number of fused-ring (bicyclic) bond motifs is 3. The number of imidazole rings is 1. The number of hydrogen-bond acceptors (Lipinski definition) is 4. The van der Waals surface area contributed by atoms with Crippen molar-refractivity contribution in [3.63, 3.8) is 0 Å². The van der Waals surface area contributed by atoms with Gasteiger partial charge in [0.1, 0.15) is 5.69 Å². The van der Waals surface area contributed by atoms with Crippen molar-refractivity contribution >= 4 is 32.7 Å². The van der Waals surface area contributed by atoms with Gasteiger partial charge in [0, 0.05) is 34.3 Å². The summed E-state index contributed by atoms with van der Waals surface area (Å²) in [7, 11) is 0. The van der Waals surface area contributed by atoms with Crippen LogP contribution in [0, 0.1) is 0 Å². The minimum atomic E-state index is -0.0544. The van der Waals surface area contributed by atoms with Gasteiger partial charge in [0.2, 0.25) is 0 Å². The molecule has 3 aromatic carbocycles. The first-order valence-electron chi connectivity index (χ1n) is 9.72. The van der Waals surface area contributed by atoms with Gasteiger partial charge in [-0.2, -0.15) is 5.10 Å². The number of pyridine rings is 1. The highest BCUT2D eigenvalue weighted by Crippen LogP contribution is 2.33. The summed E-state index contributed by atoms with van der Waals surface area (Å²) in [5.41, 5.74) is 6.26. The van der Waals surface area contributed by atoms with Crippen LogP contribution in [0.1, 0.15) is 5.56 Å². The van der Waals surface area contributed by atoms with E-state index >= 15 is 0 Å². The average Bonchev–Trinajstić information content (AvgIpc) is 3.42. The molecule has 6 aromatic rings. The van der Waals surface area contributed by atoms with Gasteiger partial charge in [-0.05, 0) is 29.1 Å². The molecule has 6 heteroatoms. The summed E-state index contributed by atoms with van der Waals surface area (Å²) in [4.78, 5) is 12.5. The van der Waals surface area contributed by atoms with Crippen LogP contribution in [0.3, 0.4) is 0 Å². The number of rotatable bonds is 3. The van der Waals surface area contributed by atoms with Gasteiger partial charge in [-0.25, -0.2) is 4.98 Å². The fourth-order valence-electron chi connectivity index (χ4n) is 4.04. The predicted octanol–water partition coefficient (Wildman–Crippen LogP) is 4.81. The first kappa shape index (κ1) is 16.9. The molecule has 0 bridgehead atoms. The number of aliphatic hydroxyl groups excluding tert-OH is 1. The molecule has 0 spiro atoms. The molecule has 3 aromatic heterocycles. The minimum Gasteiger partial charge on any atom is -0.392 e. The summed E-state index contributed by atoms with van der Waals surface area (Å²) in [6, 6.07) is 20.2. The van der Waals surface area contributed by atoms with Crippen molar-refractivity contribution in [3.8, 4) is 22.6 Å². The Kier molecular flexibility index (Phi) is 3.66. The van der Waals surface area contributed by atoms with E-state index in [9.17, 15) is 5.11 Å². The van der Waals surface area contributed by atoms with Gasteiger partial charge in [0.05, 0.1) is 23.2 Å². The topological polar surface area (TPSA) is 90.5 Å². The highest BCUT2D eigenvalue weighted by molar-refractivity contribution is 6.00. The quantitative estimate of drug-likeness (QED) is 0.404. The van der Waals surface area contributed by atoms with E-state index in [1.165, 1.54) is 0 Å². The summed E-state index contributed by atoms with van der Waals surface area (Å²) in [6.07, 6.45) is 3.78. The second-order valence-electron chi connectivity index (χ2n) is 7.30. The lowest BCUT2D eigenvalue weighted by Crippen LogP contribution is -1.85. The smallest absolute Gasteiger partial charge is 0.159 e. The van der Waals surface area contributed by atoms with Gasteiger partial charge in [-0.15, -0.1) is 0 Å².